The van der Waals surface area contributed by atoms with Crippen molar-refractivity contribution in [3.05, 3.63) is 16.1 Å². The van der Waals surface area contributed by atoms with Crippen LogP contribution in [0.25, 0.3) is 0 Å². The Kier molecular flexibility index (Phi) is 5.77. The number of ether oxygens (including phenoxy) is 2. The summed E-state index contributed by atoms with van der Waals surface area (Å²) in [5.74, 6) is 0.641. The van der Waals surface area contributed by atoms with Crippen LogP contribution in [0.3, 0.4) is 0 Å². The molecule has 0 spiro atoms. The highest BCUT2D eigenvalue weighted by Gasteiger charge is 1.96. The van der Waals surface area contributed by atoms with Gasteiger partial charge < -0.3 is 9.47 Å². The molecular weight excluding hydrogens is 295 g/mol. The molecule has 5 heteroatoms. The van der Waals surface area contributed by atoms with Gasteiger partial charge in [0, 0.05) is 19.8 Å². The van der Waals surface area contributed by atoms with E-state index in [9.17, 15) is 0 Å². The second kappa shape index (κ2) is 6.94. The van der Waals surface area contributed by atoms with E-state index in [0.29, 0.717) is 12.5 Å². The lowest BCUT2D eigenvalue weighted by Gasteiger charge is -2.04. The Morgan fingerprint density at radius 1 is 1.29 bits per heavy atom. The minimum Gasteiger partial charge on any atom is -0.478 e. The van der Waals surface area contributed by atoms with Gasteiger partial charge in [-0.15, -0.1) is 0 Å². The molecule has 0 bridgehead atoms. The molecule has 1 heterocycles. The number of hydrogen-bond acceptors (Lipinski definition) is 4. The molecule has 0 unspecified atom stereocenters. The maximum atomic E-state index is 5.42. The summed E-state index contributed by atoms with van der Waals surface area (Å²) < 4.78 is 11.2. The fourth-order valence-corrected chi connectivity index (χ4v) is 1.31. The van der Waals surface area contributed by atoms with E-state index < -0.39 is 0 Å². The molecule has 14 heavy (non-hydrogen) atoms. The Hall–Kier alpha value is -0.430. The minimum atomic E-state index is 0.641. The smallest absolute Gasteiger partial charge is 0.217 e. The van der Waals surface area contributed by atoms with Crippen LogP contribution in [0, 0.1) is 3.70 Å². The Morgan fingerprint density at radius 3 is 2.79 bits per heavy atom. The van der Waals surface area contributed by atoms with Gasteiger partial charge in [0.15, 0.2) is 0 Å². The van der Waals surface area contributed by atoms with Crippen molar-refractivity contribution in [3.8, 4) is 5.88 Å². The number of unbranched alkanes of at least 4 members (excludes halogenated alkanes) is 1. The van der Waals surface area contributed by atoms with Crippen LogP contribution in [0.4, 0.5) is 0 Å². The van der Waals surface area contributed by atoms with Crippen LogP contribution >= 0.6 is 22.6 Å². The van der Waals surface area contributed by atoms with Crippen LogP contribution in [0.15, 0.2) is 12.4 Å². The Bertz CT molecular complexity index is 271. The third-order valence-electron chi connectivity index (χ3n) is 1.60. The highest BCUT2D eigenvalue weighted by molar-refractivity contribution is 14.1. The van der Waals surface area contributed by atoms with E-state index in [4.69, 9.17) is 9.47 Å². The van der Waals surface area contributed by atoms with Crippen LogP contribution in [-0.4, -0.2) is 30.3 Å². The molecule has 78 valence electrons. The van der Waals surface area contributed by atoms with Gasteiger partial charge in [-0.3, -0.25) is 0 Å². The molecular formula is C9H13IN2O2. The highest BCUT2D eigenvalue weighted by Crippen LogP contribution is 2.08. The van der Waals surface area contributed by atoms with E-state index in [1.165, 1.54) is 6.33 Å². The zero-order valence-electron chi connectivity index (χ0n) is 8.07. The van der Waals surface area contributed by atoms with E-state index in [1.807, 2.05) is 6.07 Å². The normalized spacial score (nSPS) is 10.1. The predicted octanol–water partition coefficient (Wildman–Crippen LogP) is 1.89. The van der Waals surface area contributed by atoms with Crippen molar-refractivity contribution in [3.63, 3.8) is 0 Å². The molecule has 0 aliphatic heterocycles. The number of nitrogens with zero attached hydrogens (tertiary/aromatic N) is 2. The fourth-order valence-electron chi connectivity index (χ4n) is 0.921. The first-order valence-electron chi connectivity index (χ1n) is 4.42. The molecule has 1 aromatic heterocycles. The zero-order valence-corrected chi connectivity index (χ0v) is 10.2. The van der Waals surface area contributed by atoms with E-state index in [-0.39, 0.29) is 0 Å². The average Bonchev–Trinajstić information content (AvgIpc) is 2.18. The summed E-state index contributed by atoms with van der Waals surface area (Å²) in [5, 5.41) is 0. The summed E-state index contributed by atoms with van der Waals surface area (Å²) in [4.78, 5) is 7.96. The highest BCUT2D eigenvalue weighted by atomic mass is 127. The molecule has 0 saturated carbocycles. The topological polar surface area (TPSA) is 44.2 Å². The van der Waals surface area contributed by atoms with Gasteiger partial charge in [-0.25, -0.2) is 9.97 Å². The summed E-state index contributed by atoms with van der Waals surface area (Å²) in [6.07, 6.45) is 3.50. The number of methoxy groups -OCH3 is 1. The molecule has 0 radical (unpaired) electrons. The molecule has 0 aliphatic rings. The zero-order chi connectivity index (χ0) is 10.2. The van der Waals surface area contributed by atoms with Crippen molar-refractivity contribution in [2.75, 3.05) is 20.3 Å². The van der Waals surface area contributed by atoms with E-state index in [0.717, 1.165) is 23.1 Å². The Morgan fingerprint density at radius 2 is 2.07 bits per heavy atom. The fraction of sp³-hybridized carbons (Fsp3) is 0.556. The van der Waals surface area contributed by atoms with Crippen LogP contribution < -0.4 is 4.74 Å². The van der Waals surface area contributed by atoms with Gasteiger partial charge in [0.25, 0.3) is 0 Å². The maximum absolute atomic E-state index is 5.42. The van der Waals surface area contributed by atoms with Crippen molar-refractivity contribution in [1.82, 2.24) is 9.97 Å². The Labute approximate surface area is 97.2 Å². The van der Waals surface area contributed by atoms with Gasteiger partial charge >= 0.3 is 0 Å². The van der Waals surface area contributed by atoms with Crippen molar-refractivity contribution < 1.29 is 9.47 Å². The molecule has 4 nitrogen and oxygen atoms in total. The minimum absolute atomic E-state index is 0.641. The molecule has 1 aromatic rings. The summed E-state index contributed by atoms with van der Waals surface area (Å²) in [5.41, 5.74) is 0. The van der Waals surface area contributed by atoms with Crippen LogP contribution in [-0.2, 0) is 4.74 Å². The van der Waals surface area contributed by atoms with Gasteiger partial charge in [-0.1, -0.05) is 0 Å². The molecule has 0 fully saturated rings. The first-order chi connectivity index (χ1) is 6.83. The van der Waals surface area contributed by atoms with Crippen LogP contribution in [0.2, 0.25) is 0 Å². The molecule has 0 aliphatic carbocycles. The number of aromatic nitrogens is 2. The molecule has 1 rings (SSSR count). The van der Waals surface area contributed by atoms with Crippen molar-refractivity contribution in [2.24, 2.45) is 0 Å². The monoisotopic (exact) mass is 308 g/mol. The largest absolute Gasteiger partial charge is 0.478 e. The van der Waals surface area contributed by atoms with Gasteiger partial charge in [0.1, 0.15) is 10.0 Å². The van der Waals surface area contributed by atoms with E-state index in [1.54, 1.807) is 7.11 Å². The lowest BCUT2D eigenvalue weighted by Crippen LogP contribution is -2.01. The standard InChI is InChI=1S/C9H13IN2O2/c1-13-4-2-3-5-14-9-6-8(10)11-7-12-9/h6-7H,2-5H2,1H3. The third-order valence-corrected chi connectivity index (χ3v) is 2.19. The second-order valence-electron chi connectivity index (χ2n) is 2.73. The van der Waals surface area contributed by atoms with Gasteiger partial charge in [0.2, 0.25) is 5.88 Å². The van der Waals surface area contributed by atoms with E-state index in [2.05, 4.69) is 32.6 Å². The number of hydrogen-bond donors (Lipinski definition) is 0. The maximum Gasteiger partial charge on any atom is 0.217 e. The predicted molar refractivity (Wildman–Crippen MR) is 61.4 cm³/mol. The van der Waals surface area contributed by atoms with Gasteiger partial charge in [-0.2, -0.15) is 0 Å². The first-order valence-corrected chi connectivity index (χ1v) is 5.50. The number of rotatable bonds is 6. The first kappa shape index (κ1) is 11.6. The van der Waals surface area contributed by atoms with Gasteiger partial charge in [-0.05, 0) is 35.4 Å². The summed E-state index contributed by atoms with van der Waals surface area (Å²) >= 11 is 2.13. The van der Waals surface area contributed by atoms with Crippen LogP contribution in [0.1, 0.15) is 12.8 Å². The molecule has 0 N–H and O–H groups in total. The SMILES string of the molecule is COCCCCOc1cc(I)ncn1. The summed E-state index contributed by atoms with van der Waals surface area (Å²) in [7, 11) is 1.70. The molecule has 0 aromatic carbocycles. The Balaban J connectivity index is 2.18. The number of halogens is 1. The molecule has 0 amide bonds. The second-order valence-corrected chi connectivity index (χ2v) is 3.83. The average molecular weight is 308 g/mol. The third kappa shape index (κ3) is 4.71. The molecule has 0 saturated heterocycles. The quantitative estimate of drug-likeness (QED) is 0.457. The molecule has 0 atom stereocenters. The summed E-state index contributed by atoms with van der Waals surface area (Å²) in [6, 6.07) is 1.82. The summed E-state index contributed by atoms with van der Waals surface area (Å²) in [6.45, 7) is 1.46. The van der Waals surface area contributed by atoms with Crippen molar-refractivity contribution in [2.45, 2.75) is 12.8 Å². The van der Waals surface area contributed by atoms with Crippen LogP contribution in [0.5, 0.6) is 5.88 Å². The van der Waals surface area contributed by atoms with Gasteiger partial charge in [0.05, 0.1) is 6.61 Å². The van der Waals surface area contributed by atoms with Crippen molar-refractivity contribution >= 4 is 22.6 Å². The lowest BCUT2D eigenvalue weighted by atomic mass is 10.3. The van der Waals surface area contributed by atoms with Crippen molar-refractivity contribution in [1.29, 1.82) is 0 Å². The van der Waals surface area contributed by atoms with E-state index >= 15 is 0 Å². The lowest BCUT2D eigenvalue weighted by molar-refractivity contribution is 0.183.